The number of rotatable bonds is 1. The molecule has 12 heavy (non-hydrogen) atoms. The first-order valence-corrected chi connectivity index (χ1v) is 3.75. The minimum Gasteiger partial charge on any atom is -0.462 e. The Labute approximate surface area is 70.6 Å². The molecule has 1 atom stereocenters. The van der Waals surface area contributed by atoms with Gasteiger partial charge in [-0.25, -0.2) is 0 Å². The van der Waals surface area contributed by atoms with Crippen molar-refractivity contribution in [3.8, 4) is 0 Å². The fourth-order valence-corrected chi connectivity index (χ4v) is 1.21. The molecule has 0 amide bonds. The Kier molecular flexibility index (Phi) is 1.48. The highest BCUT2D eigenvalue weighted by Crippen LogP contribution is 2.34. The summed E-state index contributed by atoms with van der Waals surface area (Å²) in [6, 6.07) is 3.62. The third-order valence-electron chi connectivity index (χ3n) is 1.82. The topological polar surface area (TPSA) is 31.6 Å². The first kappa shape index (κ1) is 7.43. The van der Waals surface area contributed by atoms with Crippen LogP contribution in [0.25, 0.3) is 0 Å². The van der Waals surface area contributed by atoms with Crippen molar-refractivity contribution in [1.82, 2.24) is 0 Å². The molecule has 64 valence electrons. The summed E-state index contributed by atoms with van der Waals surface area (Å²) in [5.41, 5.74) is 0. The normalized spacial score (nSPS) is 28.9. The summed E-state index contributed by atoms with van der Waals surface area (Å²) in [7, 11) is 0. The van der Waals surface area contributed by atoms with Crippen LogP contribution in [-0.4, -0.2) is 6.61 Å². The Balaban J connectivity index is 2.28. The molecule has 0 spiro atoms. The lowest BCUT2D eigenvalue weighted by atomic mass is 10.2. The van der Waals surface area contributed by atoms with Crippen LogP contribution in [0.3, 0.4) is 0 Å². The third-order valence-corrected chi connectivity index (χ3v) is 1.82. The van der Waals surface area contributed by atoms with Gasteiger partial charge >= 0.3 is 0 Å². The smallest absolute Gasteiger partial charge is 0.266 e. The molecule has 0 aromatic carbocycles. The van der Waals surface area contributed by atoms with E-state index in [0.717, 1.165) is 0 Å². The molecule has 0 N–H and O–H groups in total. The molecular weight excluding hydrogens is 156 g/mol. The zero-order valence-electron chi connectivity index (χ0n) is 6.87. The lowest BCUT2D eigenvalue weighted by molar-refractivity contribution is -0.154. The van der Waals surface area contributed by atoms with Crippen molar-refractivity contribution in [2.45, 2.75) is 12.7 Å². The average molecular weight is 166 g/mol. The van der Waals surface area contributed by atoms with Crippen LogP contribution in [0.1, 0.15) is 12.7 Å². The summed E-state index contributed by atoms with van der Waals surface area (Å²) in [5, 5.41) is 0. The molecule has 0 saturated carbocycles. The number of hydrogen-bond donors (Lipinski definition) is 0. The van der Waals surface area contributed by atoms with E-state index in [-0.39, 0.29) is 0 Å². The Morgan fingerprint density at radius 3 is 2.92 bits per heavy atom. The molecule has 1 aliphatic heterocycles. The highest BCUT2D eigenvalue weighted by molar-refractivity contribution is 5.09. The Morgan fingerprint density at radius 2 is 2.42 bits per heavy atom. The zero-order chi connectivity index (χ0) is 8.60. The molecule has 0 bridgehead atoms. The van der Waals surface area contributed by atoms with Gasteiger partial charge < -0.3 is 13.9 Å². The van der Waals surface area contributed by atoms with Gasteiger partial charge in [0.2, 0.25) is 0 Å². The van der Waals surface area contributed by atoms with Gasteiger partial charge in [-0.2, -0.15) is 0 Å². The van der Waals surface area contributed by atoms with Crippen LogP contribution in [0.4, 0.5) is 0 Å². The molecule has 1 fully saturated rings. The van der Waals surface area contributed by atoms with E-state index in [1.165, 1.54) is 0 Å². The lowest BCUT2D eigenvalue weighted by Crippen LogP contribution is -2.20. The van der Waals surface area contributed by atoms with Crippen molar-refractivity contribution in [3.05, 3.63) is 36.5 Å². The van der Waals surface area contributed by atoms with Gasteiger partial charge in [0.15, 0.2) is 5.76 Å². The molecule has 0 radical (unpaired) electrons. The summed E-state index contributed by atoms with van der Waals surface area (Å²) in [6.07, 6.45) is 1.59. The van der Waals surface area contributed by atoms with Crippen LogP contribution in [0, 0.1) is 0 Å². The van der Waals surface area contributed by atoms with Gasteiger partial charge in [0.05, 0.1) is 6.26 Å². The second kappa shape index (κ2) is 2.38. The minimum atomic E-state index is -0.777. The highest BCUT2D eigenvalue weighted by Gasteiger charge is 2.38. The summed E-state index contributed by atoms with van der Waals surface area (Å²) in [6.45, 7) is 5.91. The maximum Gasteiger partial charge on any atom is 0.266 e. The summed E-state index contributed by atoms with van der Waals surface area (Å²) in [5.74, 6) is 0.524. The highest BCUT2D eigenvalue weighted by atomic mass is 16.7. The van der Waals surface area contributed by atoms with Gasteiger partial charge in [0.1, 0.15) is 12.4 Å². The monoisotopic (exact) mass is 166 g/mol. The van der Waals surface area contributed by atoms with E-state index in [4.69, 9.17) is 13.9 Å². The maximum atomic E-state index is 5.38. The van der Waals surface area contributed by atoms with E-state index in [9.17, 15) is 0 Å². The summed E-state index contributed by atoms with van der Waals surface area (Å²) < 4.78 is 15.9. The van der Waals surface area contributed by atoms with Crippen molar-refractivity contribution in [2.24, 2.45) is 0 Å². The molecular formula is C9H10O3. The van der Waals surface area contributed by atoms with Crippen LogP contribution in [0.5, 0.6) is 0 Å². The lowest BCUT2D eigenvalue weighted by Gasteiger charge is -2.18. The van der Waals surface area contributed by atoms with Gasteiger partial charge in [0.25, 0.3) is 5.79 Å². The molecule has 2 rings (SSSR count). The van der Waals surface area contributed by atoms with Gasteiger partial charge in [-0.15, -0.1) is 0 Å². The summed E-state index contributed by atoms with van der Waals surface area (Å²) in [4.78, 5) is 0. The molecule has 1 aromatic rings. The van der Waals surface area contributed by atoms with Crippen LogP contribution in [0.2, 0.25) is 0 Å². The fourth-order valence-electron chi connectivity index (χ4n) is 1.21. The zero-order valence-corrected chi connectivity index (χ0v) is 6.87. The third kappa shape index (κ3) is 1.02. The van der Waals surface area contributed by atoms with E-state index in [2.05, 4.69) is 6.58 Å². The van der Waals surface area contributed by atoms with E-state index < -0.39 is 5.79 Å². The largest absolute Gasteiger partial charge is 0.462 e. The second-order valence-corrected chi connectivity index (χ2v) is 2.85. The second-order valence-electron chi connectivity index (χ2n) is 2.85. The molecule has 3 heteroatoms. The van der Waals surface area contributed by atoms with E-state index >= 15 is 0 Å². The quantitative estimate of drug-likeness (QED) is 0.639. The Morgan fingerprint density at radius 1 is 1.58 bits per heavy atom. The van der Waals surface area contributed by atoms with Gasteiger partial charge in [-0.3, -0.25) is 0 Å². The fraction of sp³-hybridized carbons (Fsp3) is 0.333. The van der Waals surface area contributed by atoms with Crippen molar-refractivity contribution >= 4 is 0 Å². The van der Waals surface area contributed by atoms with Gasteiger partial charge in [-0.1, -0.05) is 6.58 Å². The molecule has 0 aliphatic carbocycles. The molecule has 1 aromatic heterocycles. The Bertz CT molecular complexity index is 289. The van der Waals surface area contributed by atoms with Crippen molar-refractivity contribution in [1.29, 1.82) is 0 Å². The van der Waals surface area contributed by atoms with E-state index in [1.54, 1.807) is 12.3 Å². The van der Waals surface area contributed by atoms with Crippen LogP contribution in [-0.2, 0) is 15.3 Å². The standard InChI is InChI=1S/C9H10O3/c1-7-6-11-9(2,12-7)8-4-3-5-10-8/h3-5H,1,6H2,2H3. The minimum absolute atomic E-state index is 0.428. The molecule has 1 unspecified atom stereocenters. The first-order chi connectivity index (χ1) is 5.71. The average Bonchev–Trinajstić information content (AvgIpc) is 2.59. The van der Waals surface area contributed by atoms with Crippen molar-refractivity contribution in [2.75, 3.05) is 6.61 Å². The SMILES string of the molecule is C=C1COC(C)(c2ccco2)O1. The van der Waals surface area contributed by atoms with Crippen LogP contribution >= 0.6 is 0 Å². The van der Waals surface area contributed by atoms with Crippen molar-refractivity contribution < 1.29 is 13.9 Å². The van der Waals surface area contributed by atoms with Gasteiger partial charge in [-0.05, 0) is 12.1 Å². The van der Waals surface area contributed by atoms with Crippen molar-refractivity contribution in [3.63, 3.8) is 0 Å². The number of furan rings is 1. The molecule has 2 heterocycles. The van der Waals surface area contributed by atoms with Crippen LogP contribution < -0.4 is 0 Å². The van der Waals surface area contributed by atoms with Crippen LogP contribution in [0.15, 0.2) is 35.2 Å². The summed E-state index contributed by atoms with van der Waals surface area (Å²) >= 11 is 0. The first-order valence-electron chi connectivity index (χ1n) is 3.75. The number of ether oxygens (including phenoxy) is 2. The van der Waals surface area contributed by atoms with Gasteiger partial charge in [0, 0.05) is 6.92 Å². The molecule has 3 nitrogen and oxygen atoms in total. The van der Waals surface area contributed by atoms with E-state index in [0.29, 0.717) is 18.1 Å². The molecule has 1 saturated heterocycles. The molecule has 1 aliphatic rings. The van der Waals surface area contributed by atoms with E-state index in [1.807, 2.05) is 13.0 Å². The number of hydrogen-bond acceptors (Lipinski definition) is 3. The maximum absolute atomic E-state index is 5.38. The predicted octanol–water partition coefficient (Wildman–Crippen LogP) is 2.01. The predicted molar refractivity (Wildman–Crippen MR) is 42.2 cm³/mol. The Hall–Kier alpha value is -1.22.